The average molecular weight is 281 g/mol. The Labute approximate surface area is 117 Å². The Bertz CT molecular complexity index is 496. The lowest BCUT2D eigenvalue weighted by atomic mass is 9.96. The van der Waals surface area contributed by atoms with Crippen LogP contribution in [0.1, 0.15) is 13.3 Å². The van der Waals surface area contributed by atoms with Crippen LogP contribution in [0.3, 0.4) is 0 Å². The molecule has 2 unspecified atom stereocenters. The molecule has 110 valence electrons. The first-order chi connectivity index (χ1) is 9.56. The molecule has 0 radical (unpaired) electrons. The summed E-state index contributed by atoms with van der Waals surface area (Å²) in [6.07, 6.45) is 2.21. The molecule has 0 saturated carbocycles. The van der Waals surface area contributed by atoms with Gasteiger partial charge in [0.05, 0.1) is 11.0 Å². The van der Waals surface area contributed by atoms with Crippen LogP contribution >= 0.6 is 0 Å². The van der Waals surface area contributed by atoms with Gasteiger partial charge in [0, 0.05) is 27.2 Å². The molecule has 0 spiro atoms. The van der Waals surface area contributed by atoms with Gasteiger partial charge in [0.15, 0.2) is 0 Å². The van der Waals surface area contributed by atoms with Gasteiger partial charge in [0.25, 0.3) is 0 Å². The summed E-state index contributed by atoms with van der Waals surface area (Å²) in [5.41, 5.74) is -0.0755. The van der Waals surface area contributed by atoms with Crippen molar-refractivity contribution in [3.63, 3.8) is 0 Å². The number of rotatable bonds is 4. The van der Waals surface area contributed by atoms with Crippen molar-refractivity contribution >= 4 is 17.5 Å². The number of nitrogens with one attached hydrogen (secondary N) is 1. The highest BCUT2D eigenvalue weighted by molar-refractivity contribution is 5.59. The molecule has 1 N–H and O–H groups in total. The highest BCUT2D eigenvalue weighted by atomic mass is 16.6. The fourth-order valence-electron chi connectivity index (χ4n) is 2.38. The number of aromatic nitrogens is 2. The first-order valence-electron chi connectivity index (χ1n) is 6.53. The monoisotopic (exact) mass is 281 g/mol. The van der Waals surface area contributed by atoms with Gasteiger partial charge in [-0.05, 0) is 12.3 Å². The molecule has 1 aromatic rings. The second-order valence-corrected chi connectivity index (χ2v) is 4.90. The van der Waals surface area contributed by atoms with Gasteiger partial charge in [0.1, 0.15) is 6.20 Å². The number of nitro groups is 1. The maximum absolute atomic E-state index is 11.1. The highest BCUT2D eigenvalue weighted by Crippen LogP contribution is 2.30. The molecule has 0 amide bonds. The van der Waals surface area contributed by atoms with Gasteiger partial charge in [-0.1, -0.05) is 6.92 Å². The van der Waals surface area contributed by atoms with E-state index in [1.807, 2.05) is 4.90 Å². The predicted octanol–water partition coefficient (Wildman–Crippen LogP) is 1.29. The molecule has 8 nitrogen and oxygen atoms in total. The van der Waals surface area contributed by atoms with E-state index in [0.717, 1.165) is 13.0 Å². The molecule has 1 fully saturated rings. The minimum absolute atomic E-state index is 0.0522. The maximum Gasteiger partial charge on any atom is 0.329 e. The lowest BCUT2D eigenvalue weighted by Crippen LogP contribution is -2.44. The Morgan fingerprint density at radius 2 is 2.35 bits per heavy atom. The molecular weight excluding hydrogens is 262 g/mol. The zero-order valence-corrected chi connectivity index (χ0v) is 11.9. The van der Waals surface area contributed by atoms with Crippen LogP contribution in [0, 0.1) is 16.0 Å². The van der Waals surface area contributed by atoms with E-state index in [0.29, 0.717) is 24.2 Å². The summed E-state index contributed by atoms with van der Waals surface area (Å²) >= 11 is 0. The van der Waals surface area contributed by atoms with Crippen LogP contribution in [0.2, 0.25) is 0 Å². The van der Waals surface area contributed by atoms with E-state index in [1.165, 1.54) is 6.20 Å². The Hall–Kier alpha value is -1.96. The quantitative estimate of drug-likeness (QED) is 0.656. The third kappa shape index (κ3) is 2.79. The zero-order chi connectivity index (χ0) is 14.7. The van der Waals surface area contributed by atoms with Crippen LogP contribution in [-0.2, 0) is 4.74 Å². The normalized spacial score (nSPS) is 22.6. The first kappa shape index (κ1) is 14.4. The van der Waals surface area contributed by atoms with E-state index < -0.39 is 4.92 Å². The fourth-order valence-corrected chi connectivity index (χ4v) is 2.38. The summed E-state index contributed by atoms with van der Waals surface area (Å²) in [6.45, 7) is 3.44. The molecule has 0 bridgehead atoms. The van der Waals surface area contributed by atoms with Gasteiger partial charge < -0.3 is 15.0 Å². The van der Waals surface area contributed by atoms with E-state index in [4.69, 9.17) is 4.74 Å². The molecule has 0 aliphatic carbocycles. The number of piperidine rings is 1. The summed E-state index contributed by atoms with van der Waals surface area (Å²) in [7, 11) is 3.35. The van der Waals surface area contributed by atoms with Gasteiger partial charge in [-0.2, -0.15) is 4.98 Å². The van der Waals surface area contributed by atoms with Gasteiger partial charge >= 0.3 is 5.69 Å². The van der Waals surface area contributed by atoms with E-state index in [-0.39, 0.29) is 11.8 Å². The lowest BCUT2D eigenvalue weighted by Gasteiger charge is -2.36. The van der Waals surface area contributed by atoms with Crippen molar-refractivity contribution in [1.29, 1.82) is 0 Å². The summed E-state index contributed by atoms with van der Waals surface area (Å²) in [4.78, 5) is 20.7. The number of hydrogen-bond acceptors (Lipinski definition) is 7. The summed E-state index contributed by atoms with van der Waals surface area (Å²) in [5.74, 6) is 1.16. The minimum Gasteiger partial charge on any atom is -0.379 e. The molecule has 1 saturated heterocycles. The van der Waals surface area contributed by atoms with Crippen LogP contribution in [0.5, 0.6) is 0 Å². The maximum atomic E-state index is 11.1. The Kier molecular flexibility index (Phi) is 4.33. The van der Waals surface area contributed by atoms with Crippen LogP contribution < -0.4 is 10.2 Å². The predicted molar refractivity (Wildman–Crippen MR) is 75.0 cm³/mol. The molecule has 20 heavy (non-hydrogen) atoms. The molecule has 2 heterocycles. The summed E-state index contributed by atoms with van der Waals surface area (Å²) < 4.78 is 5.44. The van der Waals surface area contributed by atoms with Crippen molar-refractivity contribution < 1.29 is 9.66 Å². The fraction of sp³-hybridized carbons (Fsp3) is 0.667. The van der Waals surface area contributed by atoms with Crippen LogP contribution in [0.4, 0.5) is 17.5 Å². The average Bonchev–Trinajstić information content (AvgIpc) is 2.47. The first-order valence-corrected chi connectivity index (χ1v) is 6.53. The number of nitrogens with zero attached hydrogens (tertiary/aromatic N) is 4. The van der Waals surface area contributed by atoms with E-state index in [9.17, 15) is 10.1 Å². The third-order valence-electron chi connectivity index (χ3n) is 3.66. The van der Waals surface area contributed by atoms with Crippen molar-refractivity contribution in [3.05, 3.63) is 16.3 Å². The Balaban J connectivity index is 2.32. The lowest BCUT2D eigenvalue weighted by molar-refractivity contribution is -0.384. The second kappa shape index (κ2) is 6.00. The number of anilines is 2. The molecule has 2 atom stereocenters. The molecule has 1 aliphatic heterocycles. The standard InChI is InChI=1S/C12H19N5O3/c1-8-4-5-16(7-10(8)20-3)11-9(17(18)19)6-14-12(13-2)15-11/h6,8,10H,4-5,7H2,1-3H3,(H,13,14,15). The zero-order valence-electron chi connectivity index (χ0n) is 11.9. The number of hydrogen-bond donors (Lipinski definition) is 1. The van der Waals surface area contributed by atoms with Crippen LogP contribution in [0.25, 0.3) is 0 Å². The second-order valence-electron chi connectivity index (χ2n) is 4.90. The number of ether oxygens (including phenoxy) is 1. The topological polar surface area (TPSA) is 93.4 Å². The van der Waals surface area contributed by atoms with Crippen molar-refractivity contribution in [3.8, 4) is 0 Å². The van der Waals surface area contributed by atoms with Gasteiger partial charge in [0.2, 0.25) is 11.8 Å². The Morgan fingerprint density at radius 3 is 2.95 bits per heavy atom. The van der Waals surface area contributed by atoms with Crippen molar-refractivity contribution in [2.45, 2.75) is 19.4 Å². The molecule has 2 rings (SSSR count). The molecule has 8 heteroatoms. The van der Waals surface area contributed by atoms with Crippen LogP contribution in [0.15, 0.2) is 6.20 Å². The van der Waals surface area contributed by atoms with Gasteiger partial charge in [-0.15, -0.1) is 0 Å². The van der Waals surface area contributed by atoms with E-state index in [2.05, 4.69) is 22.2 Å². The molecular formula is C12H19N5O3. The minimum atomic E-state index is -0.450. The summed E-state index contributed by atoms with van der Waals surface area (Å²) in [6, 6.07) is 0. The van der Waals surface area contributed by atoms with E-state index in [1.54, 1.807) is 14.2 Å². The number of methoxy groups -OCH3 is 1. The van der Waals surface area contributed by atoms with Gasteiger partial charge in [-0.3, -0.25) is 10.1 Å². The van der Waals surface area contributed by atoms with Crippen molar-refractivity contribution in [1.82, 2.24) is 9.97 Å². The van der Waals surface area contributed by atoms with Crippen molar-refractivity contribution in [2.75, 3.05) is 37.5 Å². The third-order valence-corrected chi connectivity index (χ3v) is 3.66. The van der Waals surface area contributed by atoms with Gasteiger partial charge in [-0.25, -0.2) is 4.98 Å². The van der Waals surface area contributed by atoms with Crippen LogP contribution in [-0.4, -0.2) is 48.2 Å². The SMILES string of the molecule is CNc1ncc([N+](=O)[O-])c(N2CCC(C)C(OC)C2)n1. The summed E-state index contributed by atoms with van der Waals surface area (Å²) in [5, 5.41) is 13.9. The smallest absolute Gasteiger partial charge is 0.329 e. The molecule has 0 aromatic carbocycles. The molecule has 1 aliphatic rings. The van der Waals surface area contributed by atoms with Crippen molar-refractivity contribution in [2.24, 2.45) is 5.92 Å². The largest absolute Gasteiger partial charge is 0.379 e. The highest BCUT2D eigenvalue weighted by Gasteiger charge is 2.31. The Morgan fingerprint density at radius 1 is 1.60 bits per heavy atom. The van der Waals surface area contributed by atoms with E-state index >= 15 is 0 Å². The molecule has 1 aromatic heterocycles.